The summed E-state index contributed by atoms with van der Waals surface area (Å²) in [4.78, 5) is 38.5. The molecule has 8 nitrogen and oxygen atoms in total. The molecule has 0 aliphatic carbocycles. The number of aromatic nitrogens is 2. The van der Waals surface area contributed by atoms with Gasteiger partial charge in [-0.15, -0.1) is 0 Å². The lowest BCUT2D eigenvalue weighted by Gasteiger charge is -2.01. The maximum Gasteiger partial charge on any atom is 0.347 e. The minimum Gasteiger partial charge on any atom is -0.477 e. The molecule has 0 unspecified atom stereocenters. The van der Waals surface area contributed by atoms with Crippen LogP contribution < -0.4 is 5.56 Å². The molecule has 0 aliphatic heterocycles. The molecule has 1 N–H and O–H groups in total. The third-order valence-corrected chi connectivity index (χ3v) is 4.53. The Morgan fingerprint density at radius 1 is 1.36 bits per heavy atom. The van der Waals surface area contributed by atoms with Crippen LogP contribution in [0.3, 0.4) is 0 Å². The van der Waals surface area contributed by atoms with Gasteiger partial charge < -0.3 is 5.11 Å². The highest BCUT2D eigenvalue weighted by Gasteiger charge is 2.14. The fraction of sp³-hybridized carbons (Fsp3) is 0.0625. The summed E-state index contributed by atoms with van der Waals surface area (Å²) in [7, 11) is 0. The fourth-order valence-electron chi connectivity index (χ4n) is 2.27. The first-order valence-corrected chi connectivity index (χ1v) is 7.87. The molecule has 0 spiro atoms. The normalized spacial score (nSPS) is 11.2. The van der Waals surface area contributed by atoms with Crippen molar-refractivity contribution >= 4 is 40.1 Å². The van der Waals surface area contributed by atoms with Crippen molar-refractivity contribution in [2.75, 3.05) is 0 Å². The first-order chi connectivity index (χ1) is 11.9. The highest BCUT2D eigenvalue weighted by Crippen LogP contribution is 2.21. The second-order valence-corrected chi connectivity index (χ2v) is 6.14. The summed E-state index contributed by atoms with van der Waals surface area (Å²) in [6, 6.07) is 6.21. The van der Waals surface area contributed by atoms with Crippen LogP contribution >= 0.6 is 11.3 Å². The molecule has 2 aromatic heterocycles. The summed E-state index contributed by atoms with van der Waals surface area (Å²) in [5.74, 6) is -1.13. The molecule has 25 heavy (non-hydrogen) atoms. The van der Waals surface area contributed by atoms with Crippen molar-refractivity contribution in [2.24, 2.45) is 0 Å². The van der Waals surface area contributed by atoms with Crippen LogP contribution in [0.1, 0.15) is 26.5 Å². The van der Waals surface area contributed by atoms with Crippen LogP contribution in [0.15, 0.2) is 35.3 Å². The molecule has 3 aromatic rings. The Morgan fingerprint density at radius 2 is 2.08 bits per heavy atom. The largest absolute Gasteiger partial charge is 0.477 e. The van der Waals surface area contributed by atoms with Crippen LogP contribution in [-0.2, 0) is 0 Å². The van der Waals surface area contributed by atoms with E-state index < -0.39 is 10.9 Å². The summed E-state index contributed by atoms with van der Waals surface area (Å²) in [6.45, 7) is 1.57. The van der Waals surface area contributed by atoms with Gasteiger partial charge in [-0.3, -0.25) is 19.3 Å². The third-order valence-electron chi connectivity index (χ3n) is 3.56. The molecule has 1 aromatic carbocycles. The molecular weight excluding hydrogens is 346 g/mol. The summed E-state index contributed by atoms with van der Waals surface area (Å²) >= 11 is 0.882. The van der Waals surface area contributed by atoms with Gasteiger partial charge in [-0.25, -0.2) is 9.78 Å². The van der Waals surface area contributed by atoms with Crippen LogP contribution in [-0.4, -0.2) is 25.4 Å². The van der Waals surface area contributed by atoms with Crippen LogP contribution in [0.4, 0.5) is 5.69 Å². The highest BCUT2D eigenvalue weighted by molar-refractivity contribution is 7.18. The van der Waals surface area contributed by atoms with Gasteiger partial charge in [0.15, 0.2) is 4.96 Å². The Bertz CT molecular complexity index is 1100. The number of nitrogens with zero attached hydrogens (tertiary/aromatic N) is 3. The zero-order valence-electron chi connectivity index (χ0n) is 12.9. The van der Waals surface area contributed by atoms with E-state index in [-0.39, 0.29) is 21.1 Å². The number of carboxylic acids is 1. The van der Waals surface area contributed by atoms with E-state index in [0.29, 0.717) is 16.8 Å². The van der Waals surface area contributed by atoms with Crippen molar-refractivity contribution in [3.8, 4) is 0 Å². The van der Waals surface area contributed by atoms with Crippen LogP contribution in [0.5, 0.6) is 0 Å². The van der Waals surface area contributed by atoms with Gasteiger partial charge in [0.1, 0.15) is 4.88 Å². The van der Waals surface area contributed by atoms with Gasteiger partial charge in [-0.2, -0.15) is 0 Å². The molecule has 0 radical (unpaired) electrons. The molecule has 0 fully saturated rings. The van der Waals surface area contributed by atoms with E-state index in [9.17, 15) is 19.7 Å². The van der Waals surface area contributed by atoms with Crippen molar-refractivity contribution in [2.45, 2.75) is 6.92 Å². The number of carbonyl (C=O) groups is 1. The standard InChI is InChI=1S/C16H11N3O5S/c1-9-11(7-6-10-4-2-3-5-12(10)19(23)24)17-16-18(14(9)20)8-13(25-16)15(21)22/h2-8H,1H3,(H,21,22)/b7-6+. The molecule has 0 atom stereocenters. The lowest BCUT2D eigenvalue weighted by atomic mass is 10.1. The summed E-state index contributed by atoms with van der Waals surface area (Å²) in [5.41, 5.74) is 0.602. The van der Waals surface area contributed by atoms with Crippen molar-refractivity contribution in [1.29, 1.82) is 0 Å². The molecule has 2 heterocycles. The van der Waals surface area contributed by atoms with Gasteiger partial charge in [-0.1, -0.05) is 23.5 Å². The smallest absolute Gasteiger partial charge is 0.347 e. The second-order valence-electron chi connectivity index (χ2n) is 5.13. The molecular formula is C16H11N3O5S. The quantitative estimate of drug-likeness (QED) is 0.567. The predicted molar refractivity (Wildman–Crippen MR) is 93.1 cm³/mol. The lowest BCUT2D eigenvalue weighted by molar-refractivity contribution is -0.385. The van der Waals surface area contributed by atoms with Crippen molar-refractivity contribution in [1.82, 2.24) is 9.38 Å². The average molecular weight is 357 g/mol. The minimum absolute atomic E-state index is 0.00354. The Labute approximate surface area is 144 Å². The molecule has 0 bridgehead atoms. The third kappa shape index (κ3) is 3.04. The van der Waals surface area contributed by atoms with E-state index >= 15 is 0 Å². The average Bonchev–Trinajstić information content (AvgIpc) is 3.01. The minimum atomic E-state index is -1.13. The van der Waals surface area contributed by atoms with Crippen LogP contribution in [0.25, 0.3) is 17.1 Å². The van der Waals surface area contributed by atoms with E-state index in [2.05, 4.69) is 4.98 Å². The van der Waals surface area contributed by atoms with Gasteiger partial charge in [-0.05, 0) is 25.1 Å². The van der Waals surface area contributed by atoms with E-state index in [1.807, 2.05) is 0 Å². The second kappa shape index (κ2) is 6.29. The van der Waals surface area contributed by atoms with E-state index in [1.54, 1.807) is 25.1 Å². The molecule has 0 saturated heterocycles. The van der Waals surface area contributed by atoms with E-state index in [1.165, 1.54) is 28.8 Å². The number of nitro groups is 1. The first kappa shape index (κ1) is 16.5. The number of hydrogen-bond acceptors (Lipinski definition) is 6. The summed E-state index contributed by atoms with van der Waals surface area (Å²) in [6.07, 6.45) is 4.26. The Morgan fingerprint density at radius 3 is 2.76 bits per heavy atom. The van der Waals surface area contributed by atoms with Crippen molar-refractivity contribution < 1.29 is 14.8 Å². The Kier molecular flexibility index (Phi) is 4.15. The number of para-hydroxylation sites is 1. The van der Waals surface area contributed by atoms with Crippen LogP contribution in [0.2, 0.25) is 0 Å². The van der Waals surface area contributed by atoms with Crippen molar-refractivity contribution in [3.63, 3.8) is 0 Å². The summed E-state index contributed by atoms with van der Waals surface area (Å²) in [5, 5.41) is 20.1. The molecule has 0 aliphatic rings. The topological polar surface area (TPSA) is 115 Å². The number of nitro benzene ring substituents is 1. The molecule has 3 rings (SSSR count). The molecule has 9 heteroatoms. The number of rotatable bonds is 4. The zero-order valence-corrected chi connectivity index (χ0v) is 13.7. The lowest BCUT2D eigenvalue weighted by Crippen LogP contribution is -2.17. The Balaban J connectivity index is 2.11. The zero-order chi connectivity index (χ0) is 18.1. The maximum absolute atomic E-state index is 12.4. The van der Waals surface area contributed by atoms with Gasteiger partial charge >= 0.3 is 5.97 Å². The Hall–Kier alpha value is -3.33. The van der Waals surface area contributed by atoms with E-state index in [0.717, 1.165) is 11.3 Å². The number of hydrogen-bond donors (Lipinski definition) is 1. The summed E-state index contributed by atoms with van der Waals surface area (Å²) < 4.78 is 1.19. The first-order valence-electron chi connectivity index (χ1n) is 7.06. The van der Waals surface area contributed by atoms with Crippen LogP contribution in [0, 0.1) is 17.0 Å². The van der Waals surface area contributed by atoms with Gasteiger partial charge in [0, 0.05) is 17.8 Å². The SMILES string of the molecule is Cc1c(/C=C/c2ccccc2[N+](=O)[O-])nc2sc(C(=O)O)cn2c1=O. The maximum atomic E-state index is 12.4. The van der Waals surface area contributed by atoms with Gasteiger partial charge in [0.25, 0.3) is 11.2 Å². The van der Waals surface area contributed by atoms with Crippen molar-refractivity contribution in [3.05, 3.63) is 72.6 Å². The van der Waals surface area contributed by atoms with Gasteiger partial charge in [0.05, 0.1) is 16.2 Å². The molecule has 0 saturated carbocycles. The number of carboxylic acid groups (broad SMARTS) is 1. The number of benzene rings is 1. The number of aromatic carboxylic acids is 1. The fourth-order valence-corrected chi connectivity index (χ4v) is 3.09. The highest BCUT2D eigenvalue weighted by atomic mass is 32.1. The number of thiazole rings is 1. The van der Waals surface area contributed by atoms with Gasteiger partial charge in [0.2, 0.25) is 0 Å². The molecule has 126 valence electrons. The molecule has 0 amide bonds. The number of fused-ring (bicyclic) bond motifs is 1. The predicted octanol–water partition coefficient (Wildman–Crippen LogP) is 2.84. The monoisotopic (exact) mass is 357 g/mol. The van der Waals surface area contributed by atoms with E-state index in [4.69, 9.17) is 5.11 Å².